The molecule has 2 fully saturated rings. The van der Waals surface area contributed by atoms with Crippen LogP contribution in [0.2, 0.25) is 0 Å². The zero-order valence-electron chi connectivity index (χ0n) is 31.6. The number of allylic oxidation sites excluding steroid dienone is 2. The molecule has 1 saturated carbocycles. The Bertz CT molecular complexity index is 1960. The largest absolute Gasteiger partial charge is 0.464 e. The van der Waals surface area contributed by atoms with Crippen LogP contribution in [0.15, 0.2) is 46.9 Å². The van der Waals surface area contributed by atoms with E-state index in [-0.39, 0.29) is 32.0 Å². The lowest BCUT2D eigenvalue weighted by Gasteiger charge is -2.37. The van der Waals surface area contributed by atoms with Crippen molar-refractivity contribution >= 4 is 51.8 Å². The zero-order valence-corrected chi connectivity index (χ0v) is 32.4. The van der Waals surface area contributed by atoms with Crippen molar-refractivity contribution in [2.24, 2.45) is 10.4 Å². The van der Waals surface area contributed by atoms with Crippen LogP contribution in [0, 0.1) is 5.41 Å². The summed E-state index contributed by atoms with van der Waals surface area (Å²) in [6.45, 7) is 15.5. The number of nitrogens with zero attached hydrogens (tertiary/aromatic N) is 4. The molecular weight excluding hydrogens is 696 g/mol. The molecule has 284 valence electrons. The quantitative estimate of drug-likeness (QED) is 0.156. The molecule has 11 nitrogen and oxygen atoms in total. The SMILES string of the molecule is C=C/C(=C(\N=C/C)[C@H](C)OC)c1c2c3cc(ccc3n1CC)-c1csc(n1)C[C@H](NC(=O)C1(F)CCC1)C(=O)N1CCC[C@H](N1)C(=O)OCC(C)(C)C2. The number of aryl methyl sites for hydroxylation is 1. The van der Waals surface area contributed by atoms with Crippen LogP contribution in [-0.4, -0.2) is 82.7 Å². The fourth-order valence-electron chi connectivity index (χ4n) is 7.48. The van der Waals surface area contributed by atoms with Crippen molar-refractivity contribution in [3.8, 4) is 11.3 Å². The molecule has 1 aliphatic carbocycles. The van der Waals surface area contributed by atoms with E-state index in [0.29, 0.717) is 43.8 Å². The van der Waals surface area contributed by atoms with Crippen molar-refractivity contribution in [1.82, 2.24) is 25.3 Å². The maximum atomic E-state index is 15.2. The Morgan fingerprint density at radius 3 is 2.74 bits per heavy atom. The Morgan fingerprint density at radius 2 is 2.08 bits per heavy atom. The van der Waals surface area contributed by atoms with E-state index in [1.807, 2.05) is 31.4 Å². The first-order valence-corrected chi connectivity index (χ1v) is 19.4. The van der Waals surface area contributed by atoms with Crippen LogP contribution in [0.5, 0.6) is 0 Å². The summed E-state index contributed by atoms with van der Waals surface area (Å²) in [7, 11) is 1.66. The minimum absolute atomic E-state index is 0.0720. The number of aliphatic imine (C=N–C) groups is 1. The average molecular weight is 747 g/mol. The van der Waals surface area contributed by atoms with Gasteiger partial charge in [0.15, 0.2) is 5.67 Å². The molecule has 6 rings (SSSR count). The van der Waals surface area contributed by atoms with Crippen LogP contribution >= 0.6 is 11.3 Å². The van der Waals surface area contributed by atoms with Gasteiger partial charge in [-0.3, -0.25) is 24.4 Å². The fraction of sp³-hybridized carbons (Fsp3) is 0.525. The number of carbonyl (C=O) groups is 3. The van der Waals surface area contributed by atoms with Gasteiger partial charge in [-0.25, -0.2) is 14.8 Å². The average Bonchev–Trinajstić information content (AvgIpc) is 3.73. The third-order valence-corrected chi connectivity index (χ3v) is 11.5. The van der Waals surface area contributed by atoms with E-state index in [1.54, 1.807) is 13.3 Å². The summed E-state index contributed by atoms with van der Waals surface area (Å²) in [5.74, 6) is -1.69. The number of benzene rings is 1. The van der Waals surface area contributed by atoms with E-state index >= 15 is 4.39 Å². The number of esters is 1. The number of ether oxygens (including phenoxy) is 2. The molecule has 0 unspecified atom stereocenters. The number of fused-ring (bicyclic) bond motifs is 6. The second kappa shape index (κ2) is 15.6. The number of hydrogen-bond donors (Lipinski definition) is 2. The number of nitrogens with one attached hydrogen (secondary N) is 2. The number of carbonyl (C=O) groups excluding carboxylic acids is 3. The number of thiazole rings is 1. The topological polar surface area (TPSA) is 127 Å². The van der Waals surface area contributed by atoms with Crippen molar-refractivity contribution in [3.63, 3.8) is 0 Å². The molecule has 1 aromatic carbocycles. The number of hydrazine groups is 1. The summed E-state index contributed by atoms with van der Waals surface area (Å²) in [4.78, 5) is 50.4. The highest BCUT2D eigenvalue weighted by atomic mass is 32.1. The lowest BCUT2D eigenvalue weighted by atomic mass is 9.81. The third kappa shape index (κ3) is 7.74. The molecule has 4 heterocycles. The molecule has 1 saturated heterocycles. The van der Waals surface area contributed by atoms with Crippen LogP contribution in [0.1, 0.15) is 83.0 Å². The Hall–Kier alpha value is -4.20. The molecule has 2 aliphatic heterocycles. The molecule has 6 bridgehead atoms. The normalized spacial score (nSPS) is 22.8. The summed E-state index contributed by atoms with van der Waals surface area (Å²) < 4.78 is 29.3. The van der Waals surface area contributed by atoms with Gasteiger partial charge < -0.3 is 19.4 Å². The maximum Gasteiger partial charge on any atom is 0.324 e. The zero-order chi connectivity index (χ0) is 38.1. The van der Waals surface area contributed by atoms with Crippen LogP contribution in [-0.2, 0) is 43.2 Å². The Labute approximate surface area is 314 Å². The van der Waals surface area contributed by atoms with E-state index < -0.39 is 41.0 Å². The number of cyclic esters (lactones) is 1. The number of methoxy groups -OCH3 is 1. The highest BCUT2D eigenvalue weighted by molar-refractivity contribution is 7.10. The molecule has 53 heavy (non-hydrogen) atoms. The number of halogens is 1. The molecule has 2 aromatic heterocycles. The van der Waals surface area contributed by atoms with Crippen LogP contribution < -0.4 is 10.7 Å². The van der Waals surface area contributed by atoms with E-state index in [9.17, 15) is 14.4 Å². The molecule has 2 N–H and O–H groups in total. The molecule has 13 heteroatoms. The first-order chi connectivity index (χ1) is 25.3. The second-order valence-corrected chi connectivity index (χ2v) is 16.0. The van der Waals surface area contributed by atoms with E-state index in [1.165, 1.54) is 16.3 Å². The van der Waals surface area contributed by atoms with Gasteiger partial charge in [0.1, 0.15) is 12.1 Å². The summed E-state index contributed by atoms with van der Waals surface area (Å²) >= 11 is 1.39. The number of hydrogen-bond acceptors (Lipinski definition) is 9. The highest BCUT2D eigenvalue weighted by Gasteiger charge is 2.46. The van der Waals surface area contributed by atoms with E-state index in [0.717, 1.165) is 44.7 Å². The number of aromatic nitrogens is 2. The smallest absolute Gasteiger partial charge is 0.324 e. The predicted octanol–water partition coefficient (Wildman–Crippen LogP) is 6.35. The molecule has 3 aliphatic rings. The van der Waals surface area contributed by atoms with Gasteiger partial charge in [0.05, 0.1) is 34.8 Å². The Kier molecular flexibility index (Phi) is 11.4. The molecular formula is C40H51FN6O5S. The van der Waals surface area contributed by atoms with Gasteiger partial charge in [0, 0.05) is 65.7 Å². The number of rotatable bonds is 8. The minimum Gasteiger partial charge on any atom is -0.464 e. The molecule has 0 spiro atoms. The van der Waals surface area contributed by atoms with E-state index in [2.05, 4.69) is 54.8 Å². The molecule has 3 atom stereocenters. The van der Waals surface area contributed by atoms with Gasteiger partial charge in [-0.2, -0.15) is 0 Å². The lowest BCUT2D eigenvalue weighted by Crippen LogP contribution is -2.62. The number of alkyl halides is 1. The summed E-state index contributed by atoms with van der Waals surface area (Å²) in [6.07, 6.45) is 5.83. The van der Waals surface area contributed by atoms with Gasteiger partial charge in [-0.05, 0) is 77.0 Å². The first-order valence-electron chi connectivity index (χ1n) is 18.6. The third-order valence-electron chi connectivity index (χ3n) is 10.6. The van der Waals surface area contributed by atoms with Gasteiger partial charge in [-0.1, -0.05) is 32.6 Å². The molecule has 0 radical (unpaired) electrons. The van der Waals surface area contributed by atoms with E-state index in [4.69, 9.17) is 19.5 Å². The standard InChI is InChI=1S/C40H51FN6O5S/c1-8-26(34(42-9-2)24(4)51-7)35-28-21-39(5,6)23-52-37(49)29-13-11-18-47(45-29)36(48)30(44-38(50)40(41)16-12-17-40)20-33-43-31(22-53-33)25-14-15-32(27(28)19-25)46(35)10-3/h8-9,14-15,19,22,24,29-30,45H,1,10-13,16-18,20-21,23H2,2-7H3,(H,44,50)/b34-26+,42-9-/t24-,29-,30-/m0/s1. The van der Waals surface area contributed by atoms with Crippen molar-refractivity contribution < 1.29 is 28.2 Å². The van der Waals surface area contributed by atoms with Gasteiger partial charge in [-0.15, -0.1) is 11.3 Å². The van der Waals surface area contributed by atoms with Crippen LogP contribution in [0.25, 0.3) is 27.7 Å². The van der Waals surface area contributed by atoms with Gasteiger partial charge in [0.2, 0.25) is 0 Å². The summed E-state index contributed by atoms with van der Waals surface area (Å²) in [6, 6.07) is 4.44. The summed E-state index contributed by atoms with van der Waals surface area (Å²) in [5.41, 5.74) is 6.87. The highest BCUT2D eigenvalue weighted by Crippen LogP contribution is 2.40. The minimum atomic E-state index is -1.98. The van der Waals surface area contributed by atoms with Gasteiger partial charge >= 0.3 is 5.97 Å². The summed E-state index contributed by atoms with van der Waals surface area (Å²) in [5, 5.41) is 7.67. The van der Waals surface area contributed by atoms with Crippen molar-refractivity contribution in [1.29, 1.82) is 0 Å². The van der Waals surface area contributed by atoms with Crippen molar-refractivity contribution in [2.75, 3.05) is 20.3 Å². The van der Waals surface area contributed by atoms with Crippen LogP contribution in [0.4, 0.5) is 4.39 Å². The van der Waals surface area contributed by atoms with Gasteiger partial charge in [0.25, 0.3) is 11.8 Å². The predicted molar refractivity (Wildman–Crippen MR) is 206 cm³/mol. The lowest BCUT2D eigenvalue weighted by molar-refractivity contribution is -0.156. The van der Waals surface area contributed by atoms with Crippen LogP contribution in [0.3, 0.4) is 0 Å². The van der Waals surface area contributed by atoms with Crippen molar-refractivity contribution in [3.05, 3.63) is 58.2 Å². The monoisotopic (exact) mass is 746 g/mol. The molecule has 3 aromatic rings. The second-order valence-electron chi connectivity index (χ2n) is 15.0. The maximum absolute atomic E-state index is 15.2. The van der Waals surface area contributed by atoms with Crippen molar-refractivity contribution in [2.45, 2.75) is 110 Å². The Balaban J connectivity index is 1.51. The number of amides is 2. The molecule has 2 amide bonds. The first kappa shape index (κ1) is 38.5. The Morgan fingerprint density at radius 1 is 1.30 bits per heavy atom. The fourth-order valence-corrected chi connectivity index (χ4v) is 8.33.